The maximum Gasteiger partial charge on any atom is 0.338 e. The summed E-state index contributed by atoms with van der Waals surface area (Å²) in [4.78, 5) is 14.8. The quantitative estimate of drug-likeness (QED) is 0.861. The van der Waals surface area contributed by atoms with E-state index < -0.39 is 0 Å². The Bertz CT molecular complexity index is 748. The van der Waals surface area contributed by atoms with Gasteiger partial charge in [0.2, 0.25) is 0 Å². The number of aliphatic hydroxyl groups excluding tert-OH is 1. The largest absolute Gasteiger partial charge is 0.457 e. The van der Waals surface area contributed by atoms with Crippen molar-refractivity contribution < 1.29 is 14.6 Å². The van der Waals surface area contributed by atoms with E-state index in [4.69, 9.17) is 4.74 Å². The average molecular weight is 351 g/mol. The van der Waals surface area contributed by atoms with Crippen molar-refractivity contribution in [1.82, 2.24) is 4.90 Å². The number of carbonyl (C=O) groups is 1. The SMILES string of the molecule is CN1[C@H]2C[C@H](OC(=O)c3ccccc3)[C@@H]1C[C@@H](O)[C@@H]2Cc1ccccc1. The molecule has 2 bridgehead atoms. The molecule has 0 aliphatic carbocycles. The van der Waals surface area contributed by atoms with Crippen LogP contribution in [0.2, 0.25) is 0 Å². The summed E-state index contributed by atoms with van der Waals surface area (Å²) in [5.41, 5.74) is 1.83. The summed E-state index contributed by atoms with van der Waals surface area (Å²) >= 11 is 0. The number of likely N-dealkylation sites (N-methyl/N-ethyl adjacent to an activating group) is 1. The molecular formula is C22H25NO3. The van der Waals surface area contributed by atoms with Crippen molar-refractivity contribution in [2.45, 2.75) is 43.6 Å². The summed E-state index contributed by atoms with van der Waals surface area (Å²) in [7, 11) is 2.09. The normalized spacial score (nSPS) is 30.9. The van der Waals surface area contributed by atoms with Crippen molar-refractivity contribution in [2.24, 2.45) is 5.92 Å². The minimum absolute atomic E-state index is 0.0923. The van der Waals surface area contributed by atoms with E-state index in [2.05, 4.69) is 24.1 Å². The van der Waals surface area contributed by atoms with Gasteiger partial charge in [-0.2, -0.15) is 0 Å². The van der Waals surface area contributed by atoms with Gasteiger partial charge in [-0.25, -0.2) is 4.79 Å². The van der Waals surface area contributed by atoms with Crippen molar-refractivity contribution in [1.29, 1.82) is 0 Å². The van der Waals surface area contributed by atoms with Crippen LogP contribution in [-0.4, -0.2) is 47.3 Å². The molecule has 4 heteroatoms. The predicted octanol–water partition coefficient (Wildman–Crippen LogP) is 2.91. The molecule has 136 valence electrons. The van der Waals surface area contributed by atoms with Gasteiger partial charge < -0.3 is 9.84 Å². The molecule has 2 aliphatic heterocycles. The first kappa shape index (κ1) is 17.3. The van der Waals surface area contributed by atoms with Crippen LogP contribution >= 0.6 is 0 Å². The first-order chi connectivity index (χ1) is 12.6. The minimum atomic E-state index is -0.359. The van der Waals surface area contributed by atoms with Gasteiger partial charge in [-0.1, -0.05) is 48.5 Å². The number of aliphatic hydroxyl groups is 1. The molecule has 0 radical (unpaired) electrons. The number of piperidine rings is 1. The molecular weight excluding hydrogens is 326 g/mol. The lowest BCUT2D eigenvalue weighted by Gasteiger charge is -2.41. The molecule has 2 fully saturated rings. The molecule has 2 aromatic carbocycles. The third kappa shape index (κ3) is 3.27. The number of fused-ring (bicyclic) bond motifs is 2. The lowest BCUT2D eigenvalue weighted by Crippen LogP contribution is -2.51. The molecule has 0 saturated carbocycles. The molecule has 0 spiro atoms. The summed E-state index contributed by atoms with van der Waals surface area (Å²) < 4.78 is 5.84. The van der Waals surface area contributed by atoms with E-state index in [1.54, 1.807) is 12.1 Å². The molecule has 2 aliphatic rings. The molecule has 4 rings (SSSR count). The Balaban J connectivity index is 1.48. The van der Waals surface area contributed by atoms with Gasteiger partial charge in [0.25, 0.3) is 0 Å². The van der Waals surface area contributed by atoms with E-state index in [9.17, 15) is 9.90 Å². The van der Waals surface area contributed by atoms with Crippen molar-refractivity contribution in [2.75, 3.05) is 7.05 Å². The van der Waals surface area contributed by atoms with Gasteiger partial charge in [-0.15, -0.1) is 0 Å². The van der Waals surface area contributed by atoms with Gasteiger partial charge in [-0.3, -0.25) is 4.90 Å². The van der Waals surface area contributed by atoms with Gasteiger partial charge in [0.05, 0.1) is 11.7 Å². The summed E-state index contributed by atoms with van der Waals surface area (Å²) in [5, 5.41) is 10.7. The number of rotatable bonds is 4. The highest BCUT2D eigenvalue weighted by Gasteiger charge is 2.51. The van der Waals surface area contributed by atoms with Gasteiger partial charge >= 0.3 is 5.97 Å². The predicted molar refractivity (Wildman–Crippen MR) is 99.9 cm³/mol. The van der Waals surface area contributed by atoms with E-state index in [1.165, 1.54) is 5.56 Å². The van der Waals surface area contributed by atoms with Crippen LogP contribution in [0.3, 0.4) is 0 Å². The summed E-state index contributed by atoms with van der Waals surface area (Å²) in [6.07, 6.45) is 1.77. The Morgan fingerprint density at radius 1 is 1.04 bits per heavy atom. The molecule has 26 heavy (non-hydrogen) atoms. The molecule has 2 heterocycles. The number of hydrogen-bond acceptors (Lipinski definition) is 4. The Morgan fingerprint density at radius 2 is 1.69 bits per heavy atom. The third-order valence-corrected chi connectivity index (χ3v) is 6.00. The van der Waals surface area contributed by atoms with Gasteiger partial charge in [0.15, 0.2) is 0 Å². The zero-order valence-electron chi connectivity index (χ0n) is 15.0. The van der Waals surface area contributed by atoms with E-state index >= 15 is 0 Å². The zero-order valence-corrected chi connectivity index (χ0v) is 15.0. The highest BCUT2D eigenvalue weighted by atomic mass is 16.5. The van der Waals surface area contributed by atoms with Crippen LogP contribution in [0.1, 0.15) is 28.8 Å². The van der Waals surface area contributed by atoms with Crippen LogP contribution in [0.4, 0.5) is 0 Å². The van der Waals surface area contributed by atoms with Crippen LogP contribution in [0.5, 0.6) is 0 Å². The minimum Gasteiger partial charge on any atom is -0.457 e. The smallest absolute Gasteiger partial charge is 0.338 e. The van der Waals surface area contributed by atoms with Crippen molar-refractivity contribution in [3.05, 3.63) is 71.8 Å². The van der Waals surface area contributed by atoms with Crippen molar-refractivity contribution in [3.8, 4) is 0 Å². The summed E-state index contributed by atoms with van der Waals surface area (Å²) in [5.74, 6) is -0.107. The Labute approximate surface area is 154 Å². The number of benzene rings is 2. The number of esters is 1. The van der Waals surface area contributed by atoms with Crippen molar-refractivity contribution >= 4 is 5.97 Å². The van der Waals surface area contributed by atoms with E-state index in [-0.39, 0.29) is 36.2 Å². The fraction of sp³-hybridized carbons (Fsp3) is 0.409. The van der Waals surface area contributed by atoms with Crippen LogP contribution < -0.4 is 0 Å². The van der Waals surface area contributed by atoms with Crippen LogP contribution in [-0.2, 0) is 11.2 Å². The van der Waals surface area contributed by atoms with Gasteiger partial charge in [0, 0.05) is 24.4 Å². The summed E-state index contributed by atoms with van der Waals surface area (Å²) in [6.45, 7) is 0. The highest BCUT2D eigenvalue weighted by molar-refractivity contribution is 5.89. The first-order valence-corrected chi connectivity index (χ1v) is 9.33. The lowest BCUT2D eigenvalue weighted by molar-refractivity contribution is -0.0236. The Hall–Kier alpha value is -2.17. The Morgan fingerprint density at radius 3 is 2.38 bits per heavy atom. The van der Waals surface area contributed by atoms with E-state index in [0.717, 1.165) is 12.8 Å². The van der Waals surface area contributed by atoms with Crippen LogP contribution in [0, 0.1) is 5.92 Å². The standard InChI is InChI=1S/C22H25NO3/c1-23-18-14-21(26-22(25)16-10-6-3-7-11-16)19(23)13-20(24)17(18)12-15-8-4-2-5-9-15/h2-11,17-21,24H,12-14H2,1H3/t17-,18+,19+,20-,21+/m1/s1. The number of ether oxygens (including phenoxy) is 1. The van der Waals surface area contributed by atoms with Gasteiger partial charge in [-0.05, 0) is 37.6 Å². The lowest BCUT2D eigenvalue weighted by atomic mass is 9.83. The molecule has 0 unspecified atom stereocenters. The highest BCUT2D eigenvalue weighted by Crippen LogP contribution is 2.41. The number of hydrogen-bond donors (Lipinski definition) is 1. The molecule has 2 saturated heterocycles. The second kappa shape index (κ2) is 7.22. The summed E-state index contributed by atoms with van der Waals surface area (Å²) in [6, 6.07) is 19.8. The maximum atomic E-state index is 12.4. The fourth-order valence-corrected chi connectivity index (χ4v) is 4.61. The molecule has 0 aromatic heterocycles. The van der Waals surface area contributed by atoms with Gasteiger partial charge in [0.1, 0.15) is 6.10 Å². The Kier molecular flexibility index (Phi) is 4.79. The average Bonchev–Trinajstić information content (AvgIpc) is 2.88. The maximum absolute atomic E-state index is 12.4. The topological polar surface area (TPSA) is 49.8 Å². The second-order valence-corrected chi connectivity index (χ2v) is 7.50. The van der Waals surface area contributed by atoms with E-state index in [1.807, 2.05) is 36.4 Å². The monoisotopic (exact) mass is 351 g/mol. The second-order valence-electron chi connectivity index (χ2n) is 7.50. The number of nitrogens with zero attached hydrogens (tertiary/aromatic N) is 1. The van der Waals surface area contributed by atoms with Crippen LogP contribution in [0.15, 0.2) is 60.7 Å². The third-order valence-electron chi connectivity index (χ3n) is 6.00. The zero-order chi connectivity index (χ0) is 18.1. The fourth-order valence-electron chi connectivity index (χ4n) is 4.61. The molecule has 0 amide bonds. The molecule has 1 N–H and O–H groups in total. The van der Waals surface area contributed by atoms with Crippen molar-refractivity contribution in [3.63, 3.8) is 0 Å². The molecule has 2 aromatic rings. The number of carbonyl (C=O) groups excluding carboxylic acids is 1. The first-order valence-electron chi connectivity index (χ1n) is 9.33. The van der Waals surface area contributed by atoms with Crippen LogP contribution in [0.25, 0.3) is 0 Å². The molecule has 5 atom stereocenters. The van der Waals surface area contributed by atoms with E-state index in [0.29, 0.717) is 12.0 Å². The molecule has 4 nitrogen and oxygen atoms in total.